The highest BCUT2D eigenvalue weighted by molar-refractivity contribution is 5.95. The van der Waals surface area contributed by atoms with Crippen molar-refractivity contribution >= 4 is 11.8 Å². The number of amides is 2. The molecule has 6 rings (SSSR count). The van der Waals surface area contributed by atoms with Crippen molar-refractivity contribution in [1.82, 2.24) is 14.7 Å². The fraction of sp³-hybridized carbons (Fsp3) is 0.278. The molecule has 7 heteroatoms. The van der Waals surface area contributed by atoms with Gasteiger partial charge in [0.2, 0.25) is 12.7 Å². The lowest BCUT2D eigenvalue weighted by atomic mass is 9.96. The van der Waals surface area contributed by atoms with Crippen LogP contribution in [0.3, 0.4) is 0 Å². The summed E-state index contributed by atoms with van der Waals surface area (Å²) in [6.07, 6.45) is 0.258. The molecule has 2 heterocycles. The molecular formula is C36H37N3O4. The number of carbonyl (C=O) groups excluding carboxylic acids is 2. The van der Waals surface area contributed by atoms with Crippen molar-refractivity contribution in [3.63, 3.8) is 0 Å². The van der Waals surface area contributed by atoms with Crippen molar-refractivity contribution in [3.05, 3.63) is 131 Å². The molecule has 0 spiro atoms. The zero-order chi connectivity index (χ0) is 29.6. The lowest BCUT2D eigenvalue weighted by Crippen LogP contribution is -2.50. The van der Waals surface area contributed by atoms with Gasteiger partial charge >= 0.3 is 0 Å². The Morgan fingerprint density at radius 3 is 1.88 bits per heavy atom. The maximum absolute atomic E-state index is 13.8. The third kappa shape index (κ3) is 6.42. The van der Waals surface area contributed by atoms with Crippen LogP contribution in [0.1, 0.15) is 52.5 Å². The number of nitrogens with zero attached hydrogens (tertiary/aromatic N) is 3. The van der Waals surface area contributed by atoms with Crippen LogP contribution < -0.4 is 9.47 Å². The predicted molar refractivity (Wildman–Crippen MR) is 166 cm³/mol. The highest BCUT2D eigenvalue weighted by Crippen LogP contribution is 2.34. The summed E-state index contributed by atoms with van der Waals surface area (Å²) < 4.78 is 10.9. The Kier molecular flexibility index (Phi) is 8.70. The summed E-state index contributed by atoms with van der Waals surface area (Å²) in [6, 6.07) is 36.2. The second-order valence-electron chi connectivity index (χ2n) is 11.0. The minimum Gasteiger partial charge on any atom is -0.454 e. The lowest BCUT2D eigenvalue weighted by molar-refractivity contribution is -0.133. The van der Waals surface area contributed by atoms with Gasteiger partial charge < -0.3 is 19.3 Å². The Labute approximate surface area is 253 Å². The van der Waals surface area contributed by atoms with E-state index in [1.54, 1.807) is 23.1 Å². The van der Waals surface area contributed by atoms with Gasteiger partial charge in [0.1, 0.15) is 0 Å². The van der Waals surface area contributed by atoms with E-state index in [9.17, 15) is 9.59 Å². The molecule has 1 fully saturated rings. The van der Waals surface area contributed by atoms with Crippen LogP contribution in [0.2, 0.25) is 0 Å². The minimum atomic E-state index is -0.207. The summed E-state index contributed by atoms with van der Waals surface area (Å²) in [4.78, 5) is 33.6. The summed E-state index contributed by atoms with van der Waals surface area (Å²) in [5.41, 5.74) is 4.04. The number of fused-ring (bicyclic) bond motifs is 1. The van der Waals surface area contributed by atoms with Crippen LogP contribution in [0.5, 0.6) is 11.5 Å². The number of rotatable bonds is 9. The number of ether oxygens (including phenoxy) is 2. The number of carbonyl (C=O) groups is 2. The van der Waals surface area contributed by atoms with Crippen LogP contribution in [0.4, 0.5) is 0 Å². The van der Waals surface area contributed by atoms with E-state index in [2.05, 4.69) is 53.4 Å². The molecule has 0 saturated carbocycles. The average molecular weight is 576 g/mol. The molecule has 1 saturated heterocycles. The van der Waals surface area contributed by atoms with E-state index in [1.165, 1.54) is 11.1 Å². The van der Waals surface area contributed by atoms with Crippen LogP contribution >= 0.6 is 0 Å². The first-order chi connectivity index (χ1) is 21.1. The van der Waals surface area contributed by atoms with E-state index < -0.39 is 0 Å². The third-order valence-corrected chi connectivity index (χ3v) is 8.46. The van der Waals surface area contributed by atoms with Crippen LogP contribution in [-0.4, -0.2) is 66.0 Å². The zero-order valence-corrected chi connectivity index (χ0v) is 24.5. The molecule has 2 amide bonds. The zero-order valence-electron chi connectivity index (χ0n) is 24.5. The quantitative estimate of drug-likeness (QED) is 0.247. The maximum atomic E-state index is 13.8. The van der Waals surface area contributed by atoms with Crippen molar-refractivity contribution < 1.29 is 19.1 Å². The number of benzene rings is 4. The fourth-order valence-electron chi connectivity index (χ4n) is 6.07. The summed E-state index contributed by atoms with van der Waals surface area (Å²) in [7, 11) is 0. The van der Waals surface area contributed by atoms with Crippen molar-refractivity contribution in [2.24, 2.45) is 0 Å². The van der Waals surface area contributed by atoms with E-state index in [1.807, 2.05) is 54.3 Å². The van der Waals surface area contributed by atoms with Crippen LogP contribution in [0, 0.1) is 0 Å². The number of piperazine rings is 1. The van der Waals surface area contributed by atoms with Gasteiger partial charge in [0.25, 0.3) is 5.91 Å². The standard InChI is InChI=1S/C36H37N3O4/c1-27(28-11-5-2-6-12-28)39(36(41)31-17-18-32-33(25-31)43-26-42-32)20-19-34(40)37-21-23-38(24-22-37)35(29-13-7-3-8-14-29)30-15-9-4-10-16-30/h2-18,25,27,35H,19-24,26H2,1H3. The fourth-order valence-corrected chi connectivity index (χ4v) is 6.07. The first-order valence-corrected chi connectivity index (χ1v) is 15.0. The largest absolute Gasteiger partial charge is 0.454 e. The molecule has 2 aliphatic rings. The molecule has 7 nitrogen and oxygen atoms in total. The third-order valence-electron chi connectivity index (χ3n) is 8.46. The molecule has 0 aliphatic carbocycles. The average Bonchev–Trinajstić information content (AvgIpc) is 3.55. The molecule has 1 unspecified atom stereocenters. The molecular weight excluding hydrogens is 538 g/mol. The topological polar surface area (TPSA) is 62.3 Å². The van der Waals surface area contributed by atoms with Crippen molar-refractivity contribution in [1.29, 1.82) is 0 Å². The Morgan fingerprint density at radius 2 is 1.28 bits per heavy atom. The van der Waals surface area contributed by atoms with E-state index in [-0.39, 0.29) is 37.1 Å². The molecule has 2 aliphatic heterocycles. The molecule has 0 N–H and O–H groups in total. The minimum absolute atomic E-state index is 0.0689. The smallest absolute Gasteiger partial charge is 0.254 e. The first kappa shape index (κ1) is 28.5. The van der Waals surface area contributed by atoms with E-state index in [0.29, 0.717) is 36.7 Å². The van der Waals surface area contributed by atoms with Gasteiger partial charge in [-0.15, -0.1) is 0 Å². The maximum Gasteiger partial charge on any atom is 0.254 e. The summed E-state index contributed by atoms with van der Waals surface area (Å²) in [5.74, 6) is 1.13. The van der Waals surface area contributed by atoms with Gasteiger partial charge in [-0.25, -0.2) is 0 Å². The lowest BCUT2D eigenvalue weighted by Gasteiger charge is -2.40. The van der Waals surface area contributed by atoms with Gasteiger partial charge in [0, 0.05) is 44.7 Å². The van der Waals surface area contributed by atoms with E-state index in [0.717, 1.165) is 18.7 Å². The molecule has 4 aromatic carbocycles. The van der Waals surface area contributed by atoms with Crippen LogP contribution in [-0.2, 0) is 4.79 Å². The van der Waals surface area contributed by atoms with E-state index in [4.69, 9.17) is 9.47 Å². The molecule has 4 aromatic rings. The molecule has 220 valence electrons. The van der Waals surface area contributed by atoms with Gasteiger partial charge in [-0.2, -0.15) is 0 Å². The van der Waals surface area contributed by atoms with Crippen LogP contribution in [0.25, 0.3) is 0 Å². The number of hydrogen-bond acceptors (Lipinski definition) is 5. The Hall–Kier alpha value is -4.62. The normalized spacial score (nSPS) is 15.3. The molecule has 43 heavy (non-hydrogen) atoms. The first-order valence-electron chi connectivity index (χ1n) is 15.0. The van der Waals surface area contributed by atoms with Crippen molar-refractivity contribution in [3.8, 4) is 11.5 Å². The Morgan fingerprint density at radius 1 is 0.721 bits per heavy atom. The van der Waals surface area contributed by atoms with Gasteiger partial charge in [-0.1, -0.05) is 91.0 Å². The van der Waals surface area contributed by atoms with Gasteiger partial charge in [0.05, 0.1) is 12.1 Å². The predicted octanol–water partition coefficient (Wildman–Crippen LogP) is 5.94. The molecule has 0 bridgehead atoms. The van der Waals surface area contributed by atoms with E-state index >= 15 is 0 Å². The molecule has 0 aromatic heterocycles. The monoisotopic (exact) mass is 575 g/mol. The Balaban J connectivity index is 1.13. The second kappa shape index (κ2) is 13.1. The highest BCUT2D eigenvalue weighted by Gasteiger charge is 2.30. The van der Waals surface area contributed by atoms with Crippen molar-refractivity contribution in [2.45, 2.75) is 25.4 Å². The SMILES string of the molecule is CC(c1ccccc1)N(CCC(=O)N1CCN(C(c2ccccc2)c2ccccc2)CC1)C(=O)c1ccc2c(c1)OCO2. The molecule has 1 atom stereocenters. The number of hydrogen-bond donors (Lipinski definition) is 0. The summed E-state index contributed by atoms with van der Waals surface area (Å²) in [5, 5.41) is 0. The highest BCUT2D eigenvalue weighted by atomic mass is 16.7. The van der Waals surface area contributed by atoms with Gasteiger partial charge in [0.15, 0.2) is 11.5 Å². The summed E-state index contributed by atoms with van der Waals surface area (Å²) >= 11 is 0. The van der Waals surface area contributed by atoms with Gasteiger partial charge in [-0.05, 0) is 41.8 Å². The summed E-state index contributed by atoms with van der Waals surface area (Å²) in [6.45, 7) is 5.34. The van der Waals surface area contributed by atoms with Crippen molar-refractivity contribution in [2.75, 3.05) is 39.5 Å². The molecule has 0 radical (unpaired) electrons. The van der Waals surface area contributed by atoms with Gasteiger partial charge in [-0.3, -0.25) is 14.5 Å². The Bertz CT molecular complexity index is 1480. The van der Waals surface area contributed by atoms with Crippen LogP contribution in [0.15, 0.2) is 109 Å². The second-order valence-corrected chi connectivity index (χ2v) is 11.0.